The summed E-state index contributed by atoms with van der Waals surface area (Å²) in [5.41, 5.74) is 4.06. The van der Waals surface area contributed by atoms with Crippen molar-refractivity contribution < 1.29 is 19.1 Å². The van der Waals surface area contributed by atoms with E-state index in [4.69, 9.17) is 4.74 Å². The Balaban J connectivity index is 1.60. The number of anilines is 2. The van der Waals surface area contributed by atoms with Gasteiger partial charge in [0.15, 0.2) is 6.61 Å². The van der Waals surface area contributed by atoms with Gasteiger partial charge in [-0.3, -0.25) is 19.1 Å². The molecule has 0 saturated carbocycles. The number of benzene rings is 1. The third-order valence-electron chi connectivity index (χ3n) is 5.95. The molecule has 1 aromatic heterocycles. The van der Waals surface area contributed by atoms with Crippen LogP contribution in [0.2, 0.25) is 0 Å². The molecule has 0 spiro atoms. The largest absolute Gasteiger partial charge is 0.455 e. The topological polar surface area (TPSA) is 93.5 Å². The molecule has 8 nitrogen and oxygen atoms in total. The average Bonchev–Trinajstić information content (AvgIpc) is 3.26. The Morgan fingerprint density at radius 3 is 2.65 bits per heavy atom. The molecule has 0 aliphatic carbocycles. The maximum atomic E-state index is 12.6. The van der Waals surface area contributed by atoms with Crippen LogP contribution >= 0.6 is 0 Å². The van der Waals surface area contributed by atoms with Crippen LogP contribution in [0.5, 0.6) is 0 Å². The normalized spacial score (nSPS) is 17.0. The van der Waals surface area contributed by atoms with E-state index in [-0.39, 0.29) is 18.9 Å². The van der Waals surface area contributed by atoms with Crippen LogP contribution in [0.25, 0.3) is 0 Å². The molecule has 31 heavy (non-hydrogen) atoms. The van der Waals surface area contributed by atoms with Gasteiger partial charge in [0.25, 0.3) is 5.91 Å². The van der Waals surface area contributed by atoms with Gasteiger partial charge >= 0.3 is 5.97 Å². The maximum absolute atomic E-state index is 12.6. The highest BCUT2D eigenvalue weighted by atomic mass is 16.5. The van der Waals surface area contributed by atoms with E-state index in [1.54, 1.807) is 23.6 Å². The Morgan fingerprint density at radius 1 is 1.29 bits per heavy atom. The molecule has 2 amide bonds. The SMILES string of the molecule is CC[C@@H](C)c1ccccc1N1C[C@H](C(=O)OCC(=O)Nc2c(C)nn(C)c2C)CC1=O. The zero-order valence-corrected chi connectivity index (χ0v) is 18.8. The summed E-state index contributed by atoms with van der Waals surface area (Å²) in [5, 5.41) is 6.98. The first-order chi connectivity index (χ1) is 14.7. The number of carbonyl (C=O) groups excluding carboxylic acids is 3. The molecule has 2 atom stereocenters. The lowest BCUT2D eigenvalue weighted by molar-refractivity contribution is -0.151. The quantitative estimate of drug-likeness (QED) is 0.687. The van der Waals surface area contributed by atoms with Gasteiger partial charge in [-0.15, -0.1) is 0 Å². The first-order valence-electron chi connectivity index (χ1n) is 10.6. The van der Waals surface area contributed by atoms with E-state index in [0.29, 0.717) is 17.3 Å². The summed E-state index contributed by atoms with van der Waals surface area (Å²) in [6.45, 7) is 7.72. The summed E-state index contributed by atoms with van der Waals surface area (Å²) in [6.07, 6.45) is 1.03. The maximum Gasteiger partial charge on any atom is 0.311 e. The Bertz CT molecular complexity index is 997. The van der Waals surface area contributed by atoms with E-state index < -0.39 is 24.4 Å². The Hall–Kier alpha value is -3.16. The summed E-state index contributed by atoms with van der Waals surface area (Å²) >= 11 is 0. The predicted molar refractivity (Wildman–Crippen MR) is 118 cm³/mol. The summed E-state index contributed by atoms with van der Waals surface area (Å²) < 4.78 is 6.89. The third-order valence-corrected chi connectivity index (χ3v) is 5.95. The average molecular weight is 427 g/mol. The summed E-state index contributed by atoms with van der Waals surface area (Å²) in [5.74, 6) is -1.36. The fourth-order valence-electron chi connectivity index (χ4n) is 3.85. The van der Waals surface area contributed by atoms with Crippen LogP contribution in [0, 0.1) is 19.8 Å². The molecule has 1 fully saturated rings. The van der Waals surface area contributed by atoms with Crippen molar-refractivity contribution in [2.24, 2.45) is 13.0 Å². The van der Waals surface area contributed by atoms with E-state index in [2.05, 4.69) is 24.3 Å². The number of ether oxygens (including phenoxy) is 1. The van der Waals surface area contributed by atoms with E-state index >= 15 is 0 Å². The standard InChI is InChI=1S/C23H30N4O4/c1-6-14(2)18-9-7-8-10-19(18)27-12-17(11-21(27)29)23(30)31-13-20(28)24-22-15(3)25-26(5)16(22)4/h7-10,14,17H,6,11-13H2,1-5H3,(H,24,28)/t14-,17-/m1/s1. The van der Waals surface area contributed by atoms with Gasteiger partial charge in [0.05, 0.1) is 23.0 Å². The molecule has 2 heterocycles. The molecular formula is C23H30N4O4. The van der Waals surface area contributed by atoms with Crippen LogP contribution in [0.3, 0.4) is 0 Å². The van der Waals surface area contributed by atoms with Crippen molar-refractivity contribution in [3.63, 3.8) is 0 Å². The number of aromatic nitrogens is 2. The van der Waals surface area contributed by atoms with Crippen LogP contribution in [-0.4, -0.2) is 40.7 Å². The van der Waals surface area contributed by atoms with Crippen molar-refractivity contribution in [3.05, 3.63) is 41.2 Å². The minimum Gasteiger partial charge on any atom is -0.455 e. The second-order valence-electron chi connectivity index (χ2n) is 8.10. The van der Waals surface area contributed by atoms with Gasteiger partial charge in [0, 0.05) is 25.7 Å². The smallest absolute Gasteiger partial charge is 0.311 e. The molecule has 0 bridgehead atoms. The summed E-state index contributed by atoms with van der Waals surface area (Å²) in [6, 6.07) is 7.79. The lowest BCUT2D eigenvalue weighted by Crippen LogP contribution is -2.29. The van der Waals surface area contributed by atoms with Crippen molar-refractivity contribution in [2.45, 2.75) is 46.5 Å². The number of nitrogens with one attached hydrogen (secondary N) is 1. The fourth-order valence-corrected chi connectivity index (χ4v) is 3.85. The van der Waals surface area contributed by atoms with E-state index in [1.807, 2.05) is 31.2 Å². The second-order valence-corrected chi connectivity index (χ2v) is 8.10. The van der Waals surface area contributed by atoms with Gasteiger partial charge in [0.2, 0.25) is 5.91 Å². The van der Waals surface area contributed by atoms with Crippen LogP contribution < -0.4 is 10.2 Å². The monoisotopic (exact) mass is 426 g/mol. The molecular weight excluding hydrogens is 396 g/mol. The summed E-state index contributed by atoms with van der Waals surface area (Å²) in [7, 11) is 1.79. The Labute approximate surface area is 182 Å². The number of amides is 2. The minimum atomic E-state index is -0.591. The lowest BCUT2D eigenvalue weighted by Gasteiger charge is -2.23. The van der Waals surface area contributed by atoms with Crippen LogP contribution in [0.1, 0.15) is 49.6 Å². The summed E-state index contributed by atoms with van der Waals surface area (Å²) in [4.78, 5) is 39.1. The highest BCUT2D eigenvalue weighted by Crippen LogP contribution is 2.33. The number of rotatable bonds is 7. The Morgan fingerprint density at radius 2 is 2.00 bits per heavy atom. The molecule has 1 aliphatic rings. The first kappa shape index (κ1) is 22.5. The highest BCUT2D eigenvalue weighted by molar-refractivity contribution is 6.00. The number of esters is 1. The first-order valence-corrected chi connectivity index (χ1v) is 10.6. The van der Waals surface area contributed by atoms with Crippen molar-refractivity contribution in [2.75, 3.05) is 23.4 Å². The van der Waals surface area contributed by atoms with E-state index in [9.17, 15) is 14.4 Å². The highest BCUT2D eigenvalue weighted by Gasteiger charge is 2.37. The van der Waals surface area contributed by atoms with Gasteiger partial charge in [-0.25, -0.2) is 0 Å². The zero-order valence-electron chi connectivity index (χ0n) is 18.8. The van der Waals surface area contributed by atoms with Crippen molar-refractivity contribution in [1.82, 2.24) is 9.78 Å². The van der Waals surface area contributed by atoms with E-state index in [1.165, 1.54) is 0 Å². The van der Waals surface area contributed by atoms with Gasteiger partial charge in [-0.05, 0) is 37.8 Å². The predicted octanol–water partition coefficient (Wildman–Crippen LogP) is 3.09. The van der Waals surface area contributed by atoms with Gasteiger partial charge in [-0.1, -0.05) is 32.0 Å². The minimum absolute atomic E-state index is 0.0795. The molecule has 1 aliphatic heterocycles. The van der Waals surface area contributed by atoms with Crippen LogP contribution in [0.15, 0.2) is 24.3 Å². The second kappa shape index (κ2) is 9.32. The van der Waals surface area contributed by atoms with Gasteiger partial charge < -0.3 is 15.0 Å². The molecule has 0 unspecified atom stereocenters. The number of nitrogens with zero attached hydrogens (tertiary/aromatic N) is 3. The van der Waals surface area contributed by atoms with Gasteiger partial charge in [-0.2, -0.15) is 5.10 Å². The number of para-hydroxylation sites is 1. The Kier molecular flexibility index (Phi) is 6.77. The van der Waals surface area contributed by atoms with Crippen LogP contribution in [-0.2, 0) is 26.2 Å². The van der Waals surface area contributed by atoms with E-state index in [0.717, 1.165) is 23.4 Å². The van der Waals surface area contributed by atoms with Crippen molar-refractivity contribution in [3.8, 4) is 0 Å². The third kappa shape index (κ3) is 4.78. The van der Waals surface area contributed by atoms with Crippen molar-refractivity contribution in [1.29, 1.82) is 0 Å². The molecule has 8 heteroatoms. The van der Waals surface area contributed by atoms with Gasteiger partial charge in [0.1, 0.15) is 0 Å². The number of hydrogen-bond acceptors (Lipinski definition) is 5. The number of carbonyl (C=O) groups is 3. The number of aryl methyl sites for hydroxylation is 2. The zero-order chi connectivity index (χ0) is 22.7. The fraction of sp³-hybridized carbons (Fsp3) is 0.478. The molecule has 0 radical (unpaired) electrons. The molecule has 1 N–H and O–H groups in total. The molecule has 166 valence electrons. The molecule has 1 aromatic carbocycles. The van der Waals surface area contributed by atoms with Crippen LogP contribution in [0.4, 0.5) is 11.4 Å². The lowest BCUT2D eigenvalue weighted by atomic mass is 9.96. The number of hydrogen-bond donors (Lipinski definition) is 1. The molecule has 1 saturated heterocycles. The molecule has 2 aromatic rings. The molecule has 3 rings (SSSR count). The van der Waals surface area contributed by atoms with Crippen molar-refractivity contribution >= 4 is 29.2 Å².